The minimum atomic E-state index is -0.480. The summed E-state index contributed by atoms with van der Waals surface area (Å²) in [6.45, 7) is 0. The molecule has 0 aliphatic rings. The van der Waals surface area contributed by atoms with Crippen molar-refractivity contribution < 1.29 is 9.21 Å². The van der Waals surface area contributed by atoms with Crippen molar-refractivity contribution in [1.82, 2.24) is 4.57 Å². The fourth-order valence-electron chi connectivity index (χ4n) is 2.20. The first-order valence-corrected chi connectivity index (χ1v) is 6.55. The fraction of sp³-hybridized carbons (Fsp3) is 0.0667. The van der Waals surface area contributed by atoms with Crippen molar-refractivity contribution in [3.8, 4) is 0 Å². The van der Waals surface area contributed by atoms with Crippen molar-refractivity contribution in [1.29, 1.82) is 0 Å². The Morgan fingerprint density at radius 2 is 2.05 bits per heavy atom. The molecule has 5 nitrogen and oxygen atoms in total. The van der Waals surface area contributed by atoms with E-state index in [0.717, 1.165) is 0 Å². The number of halogens is 1. The van der Waals surface area contributed by atoms with E-state index in [9.17, 15) is 9.59 Å². The Morgan fingerprint density at radius 1 is 1.29 bits per heavy atom. The van der Waals surface area contributed by atoms with Gasteiger partial charge in [0.2, 0.25) is 0 Å². The summed E-state index contributed by atoms with van der Waals surface area (Å²) < 4.78 is 6.45. The molecule has 2 N–H and O–H groups in total. The molecular formula is C15H11ClN2O3. The topological polar surface area (TPSA) is 78.2 Å². The Bertz CT molecular complexity index is 904. The molecule has 0 saturated heterocycles. The van der Waals surface area contributed by atoms with Crippen LogP contribution in [0.4, 0.5) is 5.69 Å². The third-order valence-electron chi connectivity index (χ3n) is 3.33. The van der Waals surface area contributed by atoms with Gasteiger partial charge in [-0.3, -0.25) is 9.36 Å². The predicted molar refractivity (Wildman–Crippen MR) is 80.8 cm³/mol. The second-order valence-corrected chi connectivity index (χ2v) is 5.05. The number of aryl methyl sites for hydroxylation is 1. The molecule has 3 aromatic rings. The van der Waals surface area contributed by atoms with Crippen LogP contribution in [0, 0.1) is 0 Å². The number of aromatic nitrogens is 1. The van der Waals surface area contributed by atoms with Crippen molar-refractivity contribution in [3.63, 3.8) is 0 Å². The summed E-state index contributed by atoms with van der Waals surface area (Å²) in [5, 5.41) is 0.287. The number of carbonyl (C=O) groups is 1. The average molecular weight is 303 g/mol. The van der Waals surface area contributed by atoms with Gasteiger partial charge in [0.05, 0.1) is 16.1 Å². The normalized spacial score (nSPS) is 11.0. The molecule has 0 spiro atoms. The summed E-state index contributed by atoms with van der Waals surface area (Å²) in [6, 6.07) is 9.67. The molecule has 1 aromatic heterocycles. The highest BCUT2D eigenvalue weighted by Crippen LogP contribution is 2.26. The van der Waals surface area contributed by atoms with E-state index in [-0.39, 0.29) is 16.4 Å². The van der Waals surface area contributed by atoms with E-state index in [1.54, 1.807) is 37.4 Å². The first-order chi connectivity index (χ1) is 9.99. The number of hydrogen-bond acceptors (Lipinski definition) is 4. The highest BCUT2D eigenvalue weighted by atomic mass is 35.5. The Morgan fingerprint density at radius 3 is 2.76 bits per heavy atom. The summed E-state index contributed by atoms with van der Waals surface area (Å²) in [6.07, 6.45) is 0. The van der Waals surface area contributed by atoms with Crippen molar-refractivity contribution in [2.24, 2.45) is 7.05 Å². The Kier molecular flexibility index (Phi) is 3.07. The molecule has 6 heteroatoms. The van der Waals surface area contributed by atoms with Crippen LogP contribution in [-0.2, 0) is 7.05 Å². The Labute approximate surface area is 124 Å². The number of nitrogen functional groups attached to an aromatic ring is 1. The van der Waals surface area contributed by atoms with Crippen molar-refractivity contribution in [2.45, 2.75) is 0 Å². The third-order valence-corrected chi connectivity index (χ3v) is 3.64. The van der Waals surface area contributed by atoms with Gasteiger partial charge in [-0.05, 0) is 30.3 Å². The third kappa shape index (κ3) is 2.11. The number of ketones is 1. The van der Waals surface area contributed by atoms with E-state index in [1.807, 2.05) is 0 Å². The molecule has 2 aromatic carbocycles. The number of rotatable bonds is 2. The molecule has 0 aliphatic carbocycles. The highest BCUT2D eigenvalue weighted by molar-refractivity contribution is 6.36. The summed E-state index contributed by atoms with van der Waals surface area (Å²) >= 11 is 6.04. The average Bonchev–Trinajstić information content (AvgIpc) is 2.73. The lowest BCUT2D eigenvalue weighted by molar-refractivity contribution is 0.103. The van der Waals surface area contributed by atoms with Gasteiger partial charge in [-0.1, -0.05) is 17.7 Å². The van der Waals surface area contributed by atoms with Gasteiger partial charge in [0, 0.05) is 18.3 Å². The van der Waals surface area contributed by atoms with E-state index in [2.05, 4.69) is 0 Å². The number of oxazole rings is 1. The maximum Gasteiger partial charge on any atom is 0.419 e. The van der Waals surface area contributed by atoms with Gasteiger partial charge in [0.1, 0.15) is 0 Å². The largest absolute Gasteiger partial charge is 0.419 e. The van der Waals surface area contributed by atoms with Gasteiger partial charge in [-0.15, -0.1) is 0 Å². The van der Waals surface area contributed by atoms with E-state index in [4.69, 9.17) is 21.8 Å². The molecule has 1 heterocycles. The molecule has 0 atom stereocenters. The second-order valence-electron chi connectivity index (χ2n) is 4.64. The summed E-state index contributed by atoms with van der Waals surface area (Å²) in [5.74, 6) is -0.793. The van der Waals surface area contributed by atoms with E-state index in [1.165, 1.54) is 10.6 Å². The fourth-order valence-corrected chi connectivity index (χ4v) is 2.47. The van der Waals surface area contributed by atoms with Crippen LogP contribution < -0.4 is 11.5 Å². The monoisotopic (exact) mass is 302 g/mol. The summed E-state index contributed by atoms with van der Waals surface area (Å²) in [5.41, 5.74) is 7.69. The maximum atomic E-state index is 12.5. The van der Waals surface area contributed by atoms with Crippen LogP contribution in [0.5, 0.6) is 0 Å². The molecule has 0 fully saturated rings. The predicted octanol–water partition coefficient (Wildman–Crippen LogP) is 2.60. The van der Waals surface area contributed by atoms with E-state index in [0.29, 0.717) is 22.4 Å². The minimum absolute atomic E-state index is 0.247. The van der Waals surface area contributed by atoms with Crippen LogP contribution in [0.2, 0.25) is 5.02 Å². The van der Waals surface area contributed by atoms with Gasteiger partial charge >= 0.3 is 5.76 Å². The van der Waals surface area contributed by atoms with E-state index < -0.39 is 5.76 Å². The maximum absolute atomic E-state index is 12.5. The van der Waals surface area contributed by atoms with Crippen LogP contribution in [0.3, 0.4) is 0 Å². The molecule has 0 radical (unpaired) electrons. The lowest BCUT2D eigenvalue weighted by Crippen LogP contribution is -2.08. The second kappa shape index (κ2) is 4.79. The molecule has 0 aliphatic heterocycles. The van der Waals surface area contributed by atoms with Crippen LogP contribution in [-0.4, -0.2) is 10.4 Å². The van der Waals surface area contributed by atoms with E-state index >= 15 is 0 Å². The van der Waals surface area contributed by atoms with Crippen molar-refractivity contribution >= 4 is 34.2 Å². The minimum Gasteiger partial charge on any atom is -0.408 e. The smallest absolute Gasteiger partial charge is 0.408 e. The standard InChI is InChI=1S/C15H11ClN2O3/c1-18-11-6-5-8(7-12(11)21-15(18)20)14(19)13-9(16)3-2-4-10(13)17/h2-7H,17H2,1H3. The highest BCUT2D eigenvalue weighted by Gasteiger charge is 2.17. The molecule has 106 valence electrons. The quantitative estimate of drug-likeness (QED) is 0.583. The number of hydrogen-bond donors (Lipinski definition) is 1. The van der Waals surface area contributed by atoms with Crippen LogP contribution in [0.1, 0.15) is 15.9 Å². The first kappa shape index (κ1) is 13.5. The van der Waals surface area contributed by atoms with Crippen LogP contribution >= 0.6 is 11.6 Å². The molecule has 0 saturated carbocycles. The molecule has 21 heavy (non-hydrogen) atoms. The van der Waals surface area contributed by atoms with Gasteiger partial charge < -0.3 is 10.2 Å². The molecular weight excluding hydrogens is 292 g/mol. The zero-order valence-corrected chi connectivity index (χ0v) is 11.8. The van der Waals surface area contributed by atoms with Gasteiger partial charge in [-0.2, -0.15) is 0 Å². The molecule has 0 bridgehead atoms. The lowest BCUT2D eigenvalue weighted by atomic mass is 10.0. The molecule has 0 amide bonds. The van der Waals surface area contributed by atoms with Crippen molar-refractivity contribution in [2.75, 3.05) is 5.73 Å². The number of nitrogens with two attached hydrogens (primary N) is 1. The Balaban J connectivity index is 2.16. The number of fused-ring (bicyclic) bond motifs is 1. The SMILES string of the molecule is Cn1c(=O)oc2cc(C(=O)c3c(N)cccc3Cl)ccc21. The Hall–Kier alpha value is -2.53. The van der Waals surface area contributed by atoms with Crippen LogP contribution in [0.25, 0.3) is 11.1 Å². The van der Waals surface area contributed by atoms with Gasteiger partial charge in [0.15, 0.2) is 11.4 Å². The van der Waals surface area contributed by atoms with Gasteiger partial charge in [-0.25, -0.2) is 4.79 Å². The molecule has 0 unspecified atom stereocenters. The summed E-state index contributed by atoms with van der Waals surface area (Å²) in [4.78, 5) is 24.0. The number of nitrogens with zero attached hydrogens (tertiary/aromatic N) is 1. The zero-order valence-electron chi connectivity index (χ0n) is 11.1. The number of carbonyl (C=O) groups excluding carboxylic acids is 1. The first-order valence-electron chi connectivity index (χ1n) is 6.17. The van der Waals surface area contributed by atoms with Gasteiger partial charge in [0.25, 0.3) is 0 Å². The van der Waals surface area contributed by atoms with Crippen LogP contribution in [0.15, 0.2) is 45.6 Å². The number of anilines is 1. The zero-order chi connectivity index (χ0) is 15.1. The number of benzene rings is 2. The lowest BCUT2D eigenvalue weighted by Gasteiger charge is -2.07. The summed E-state index contributed by atoms with van der Waals surface area (Å²) in [7, 11) is 1.60. The molecule has 3 rings (SSSR count). The van der Waals surface area contributed by atoms with Crippen molar-refractivity contribution in [3.05, 3.63) is 63.1 Å².